The lowest BCUT2D eigenvalue weighted by Gasteiger charge is -2.15. The molecule has 20 heavy (non-hydrogen) atoms. The second kappa shape index (κ2) is 8.32. The molecule has 0 aliphatic carbocycles. The molecule has 1 aromatic rings. The van der Waals surface area contributed by atoms with Crippen LogP contribution in [0.25, 0.3) is 0 Å². The van der Waals surface area contributed by atoms with Gasteiger partial charge in [0.05, 0.1) is 12.7 Å². The zero-order valence-electron chi connectivity index (χ0n) is 11.8. The number of benzene rings is 1. The van der Waals surface area contributed by atoms with Gasteiger partial charge in [0.1, 0.15) is 6.04 Å². The smallest absolute Gasteiger partial charge is 0.326 e. The first-order chi connectivity index (χ1) is 9.49. The maximum Gasteiger partial charge on any atom is 0.326 e. The van der Waals surface area contributed by atoms with Crippen molar-refractivity contribution < 1.29 is 19.4 Å². The molecule has 0 heterocycles. The number of rotatable bonds is 8. The first-order valence-corrected chi connectivity index (χ1v) is 6.66. The quantitative estimate of drug-likeness (QED) is 0.758. The number of hydrogen-bond acceptors (Lipinski definition) is 3. The van der Waals surface area contributed by atoms with E-state index in [0.717, 1.165) is 5.56 Å². The first kappa shape index (κ1) is 16.2. The van der Waals surface area contributed by atoms with Gasteiger partial charge in [-0.25, -0.2) is 4.79 Å². The Morgan fingerprint density at radius 3 is 2.45 bits per heavy atom. The van der Waals surface area contributed by atoms with Gasteiger partial charge in [0.2, 0.25) is 5.91 Å². The van der Waals surface area contributed by atoms with Crippen LogP contribution in [0.15, 0.2) is 30.3 Å². The maximum absolute atomic E-state index is 11.7. The van der Waals surface area contributed by atoms with E-state index in [-0.39, 0.29) is 24.9 Å². The molecule has 5 nitrogen and oxygen atoms in total. The van der Waals surface area contributed by atoms with E-state index in [1.165, 1.54) is 0 Å². The zero-order chi connectivity index (χ0) is 15.0. The van der Waals surface area contributed by atoms with E-state index >= 15 is 0 Å². The zero-order valence-corrected chi connectivity index (χ0v) is 11.8. The minimum Gasteiger partial charge on any atom is -0.480 e. The average molecular weight is 279 g/mol. The number of aliphatic carboxylic acids is 1. The predicted octanol–water partition coefficient (Wildman–Crippen LogP) is 1.61. The fraction of sp³-hybridized carbons (Fsp3) is 0.467. The van der Waals surface area contributed by atoms with Crippen LogP contribution in [0.1, 0.15) is 25.8 Å². The van der Waals surface area contributed by atoms with Gasteiger partial charge in [-0.2, -0.15) is 0 Å². The Morgan fingerprint density at radius 2 is 1.90 bits per heavy atom. The molecule has 1 unspecified atom stereocenters. The van der Waals surface area contributed by atoms with E-state index in [9.17, 15) is 9.59 Å². The highest BCUT2D eigenvalue weighted by Gasteiger charge is 2.20. The third kappa shape index (κ3) is 6.33. The average Bonchev–Trinajstić information content (AvgIpc) is 2.38. The molecule has 110 valence electrons. The Labute approximate surface area is 118 Å². The van der Waals surface area contributed by atoms with Crippen LogP contribution in [0.3, 0.4) is 0 Å². The van der Waals surface area contributed by atoms with Crippen LogP contribution in [0.4, 0.5) is 0 Å². The molecule has 0 fully saturated rings. The summed E-state index contributed by atoms with van der Waals surface area (Å²) in [7, 11) is 0. The number of amides is 1. The minimum absolute atomic E-state index is 0.0578. The molecule has 0 spiro atoms. The van der Waals surface area contributed by atoms with Crippen molar-refractivity contribution in [2.75, 3.05) is 6.61 Å². The van der Waals surface area contributed by atoms with Gasteiger partial charge in [0, 0.05) is 12.8 Å². The normalized spacial score (nSPS) is 12.2. The standard InChI is InChI=1S/C15H21NO4/c1-11(2)20-9-8-14(17)16-13(15(18)19)10-12-6-4-3-5-7-12/h3-7,11,13H,8-10H2,1-2H3,(H,16,17)(H,18,19). The van der Waals surface area contributed by atoms with Gasteiger partial charge in [-0.1, -0.05) is 30.3 Å². The number of carboxylic acid groups (broad SMARTS) is 1. The number of carboxylic acids is 1. The summed E-state index contributed by atoms with van der Waals surface area (Å²) < 4.78 is 5.26. The largest absolute Gasteiger partial charge is 0.480 e. The van der Waals surface area contributed by atoms with Gasteiger partial charge in [0.25, 0.3) is 0 Å². The first-order valence-electron chi connectivity index (χ1n) is 6.66. The second-order valence-corrected chi connectivity index (χ2v) is 4.82. The topological polar surface area (TPSA) is 75.6 Å². The van der Waals surface area contributed by atoms with Gasteiger partial charge in [-0.3, -0.25) is 4.79 Å². The molecule has 1 aromatic carbocycles. The summed E-state index contributed by atoms with van der Waals surface area (Å²) in [5.41, 5.74) is 0.874. The molecule has 0 aliphatic rings. The van der Waals surface area contributed by atoms with Gasteiger partial charge >= 0.3 is 5.97 Å². The SMILES string of the molecule is CC(C)OCCC(=O)NC(Cc1ccccc1)C(=O)O. The third-order valence-corrected chi connectivity index (χ3v) is 2.70. The van der Waals surface area contributed by atoms with E-state index in [1.54, 1.807) is 0 Å². The van der Waals surface area contributed by atoms with Crippen molar-refractivity contribution in [2.24, 2.45) is 0 Å². The van der Waals surface area contributed by atoms with Crippen molar-refractivity contribution >= 4 is 11.9 Å². The van der Waals surface area contributed by atoms with Gasteiger partial charge in [-0.15, -0.1) is 0 Å². The molecule has 1 amide bonds. The van der Waals surface area contributed by atoms with Crippen LogP contribution < -0.4 is 5.32 Å². The van der Waals surface area contributed by atoms with Gasteiger partial charge in [-0.05, 0) is 19.4 Å². The summed E-state index contributed by atoms with van der Waals surface area (Å²) in [6.07, 6.45) is 0.492. The molecular weight excluding hydrogens is 258 g/mol. The number of ether oxygens (including phenoxy) is 1. The van der Waals surface area contributed by atoms with E-state index in [1.807, 2.05) is 44.2 Å². The van der Waals surface area contributed by atoms with E-state index in [0.29, 0.717) is 6.61 Å². The monoisotopic (exact) mass is 279 g/mol. The lowest BCUT2D eigenvalue weighted by atomic mass is 10.1. The molecule has 0 aliphatic heterocycles. The van der Waals surface area contributed by atoms with E-state index in [2.05, 4.69) is 5.32 Å². The van der Waals surface area contributed by atoms with Crippen molar-refractivity contribution in [1.82, 2.24) is 5.32 Å². The molecule has 1 atom stereocenters. The third-order valence-electron chi connectivity index (χ3n) is 2.70. The second-order valence-electron chi connectivity index (χ2n) is 4.82. The van der Waals surface area contributed by atoms with Gasteiger partial charge in [0.15, 0.2) is 0 Å². The summed E-state index contributed by atoms with van der Waals surface area (Å²) in [6.45, 7) is 4.06. The summed E-state index contributed by atoms with van der Waals surface area (Å²) in [5.74, 6) is -1.35. The van der Waals surface area contributed by atoms with Crippen LogP contribution in [0, 0.1) is 0 Å². The Bertz CT molecular complexity index is 431. The highest BCUT2D eigenvalue weighted by atomic mass is 16.5. The Morgan fingerprint density at radius 1 is 1.25 bits per heavy atom. The molecule has 0 aromatic heterocycles. The molecule has 5 heteroatoms. The number of hydrogen-bond donors (Lipinski definition) is 2. The molecule has 0 bridgehead atoms. The highest BCUT2D eigenvalue weighted by Crippen LogP contribution is 2.04. The number of nitrogens with one attached hydrogen (secondary N) is 1. The Balaban J connectivity index is 2.47. The van der Waals surface area contributed by atoms with Crippen molar-refractivity contribution in [1.29, 1.82) is 0 Å². The van der Waals surface area contributed by atoms with Crippen molar-refractivity contribution in [3.63, 3.8) is 0 Å². The lowest BCUT2D eigenvalue weighted by Crippen LogP contribution is -2.42. The van der Waals surface area contributed by atoms with Crippen LogP contribution in [-0.4, -0.2) is 35.7 Å². The summed E-state index contributed by atoms with van der Waals surface area (Å²) in [6, 6.07) is 8.30. The highest BCUT2D eigenvalue weighted by molar-refractivity contribution is 5.83. The molecule has 0 saturated heterocycles. The molecule has 0 saturated carbocycles. The summed E-state index contributed by atoms with van der Waals surface area (Å²) in [4.78, 5) is 22.9. The van der Waals surface area contributed by atoms with Crippen molar-refractivity contribution in [2.45, 2.75) is 38.8 Å². The molecule has 0 radical (unpaired) electrons. The number of carbonyl (C=O) groups is 2. The van der Waals surface area contributed by atoms with Crippen LogP contribution in [0.2, 0.25) is 0 Å². The van der Waals surface area contributed by atoms with Crippen LogP contribution >= 0.6 is 0 Å². The Hall–Kier alpha value is -1.88. The summed E-state index contributed by atoms with van der Waals surface area (Å²) in [5, 5.41) is 11.7. The van der Waals surface area contributed by atoms with Crippen molar-refractivity contribution in [3.8, 4) is 0 Å². The van der Waals surface area contributed by atoms with E-state index < -0.39 is 12.0 Å². The summed E-state index contributed by atoms with van der Waals surface area (Å²) >= 11 is 0. The van der Waals surface area contributed by atoms with Crippen LogP contribution in [0.5, 0.6) is 0 Å². The Kier molecular flexibility index (Phi) is 6.73. The fourth-order valence-electron chi connectivity index (χ4n) is 1.70. The molecule has 2 N–H and O–H groups in total. The fourth-order valence-corrected chi connectivity index (χ4v) is 1.70. The lowest BCUT2D eigenvalue weighted by molar-refractivity contribution is -0.142. The van der Waals surface area contributed by atoms with Crippen molar-refractivity contribution in [3.05, 3.63) is 35.9 Å². The predicted molar refractivity (Wildman–Crippen MR) is 75.4 cm³/mol. The minimum atomic E-state index is -1.04. The van der Waals surface area contributed by atoms with E-state index in [4.69, 9.17) is 9.84 Å². The maximum atomic E-state index is 11.7. The van der Waals surface area contributed by atoms with Crippen LogP contribution in [-0.2, 0) is 20.7 Å². The number of carbonyl (C=O) groups excluding carboxylic acids is 1. The van der Waals surface area contributed by atoms with Gasteiger partial charge < -0.3 is 15.2 Å². The molecule has 1 rings (SSSR count). The molecular formula is C15H21NO4.